The second-order valence-electron chi connectivity index (χ2n) is 5.31. The van der Waals surface area contributed by atoms with E-state index in [1.165, 1.54) is 31.2 Å². The van der Waals surface area contributed by atoms with Gasteiger partial charge in [0.05, 0.1) is 6.54 Å². The van der Waals surface area contributed by atoms with E-state index >= 15 is 0 Å². The Kier molecular flexibility index (Phi) is 4.74. The summed E-state index contributed by atoms with van der Waals surface area (Å²) in [6.07, 6.45) is 8.66. The molecule has 0 amide bonds. The average Bonchev–Trinajstić information content (AvgIpc) is 2.91. The van der Waals surface area contributed by atoms with Crippen LogP contribution in [0.3, 0.4) is 0 Å². The second-order valence-corrected chi connectivity index (χ2v) is 5.31. The molecule has 1 fully saturated rings. The predicted octanol–water partition coefficient (Wildman–Crippen LogP) is 1.88. The molecule has 5 nitrogen and oxygen atoms in total. The summed E-state index contributed by atoms with van der Waals surface area (Å²) >= 11 is 0. The van der Waals surface area contributed by atoms with Gasteiger partial charge in [0.1, 0.15) is 0 Å². The van der Waals surface area contributed by atoms with Crippen LogP contribution in [0, 0.1) is 6.92 Å². The molecule has 1 aromatic heterocycles. The number of nitrogens with two attached hydrogens (primary N) is 1. The van der Waals surface area contributed by atoms with Crippen molar-refractivity contribution in [3.05, 3.63) is 29.6 Å². The molecule has 1 heterocycles. The molecule has 5 heteroatoms. The van der Waals surface area contributed by atoms with Crippen molar-refractivity contribution in [2.45, 2.75) is 45.2 Å². The van der Waals surface area contributed by atoms with Crippen LogP contribution in [0.2, 0.25) is 0 Å². The van der Waals surface area contributed by atoms with Crippen LogP contribution >= 0.6 is 0 Å². The van der Waals surface area contributed by atoms with Gasteiger partial charge in [-0.2, -0.15) is 0 Å². The molecule has 1 aliphatic carbocycles. The lowest BCUT2D eigenvalue weighted by molar-refractivity contribution is 0.214. The smallest absolute Gasteiger partial charge is 0.153 e. The SMILES string of the molecule is Cc1cncc(CN(C/C(N)=N/O)C2CCCC2)c1. The molecule has 104 valence electrons. The fraction of sp³-hybridized carbons (Fsp3) is 0.571. The number of hydrogen-bond donors (Lipinski definition) is 2. The van der Waals surface area contributed by atoms with Crippen molar-refractivity contribution in [1.29, 1.82) is 0 Å². The third-order valence-electron chi connectivity index (χ3n) is 3.65. The van der Waals surface area contributed by atoms with Gasteiger partial charge >= 0.3 is 0 Å². The number of rotatable bonds is 5. The standard InChI is InChI=1S/C14H22N4O/c1-11-6-12(8-16-7-11)9-18(10-14(15)17-19)13-4-2-3-5-13/h6-8,13,19H,2-5,9-10H2,1H3,(H2,15,17). The Morgan fingerprint density at radius 1 is 1.47 bits per heavy atom. The van der Waals surface area contributed by atoms with E-state index in [4.69, 9.17) is 10.9 Å². The summed E-state index contributed by atoms with van der Waals surface area (Å²) in [6, 6.07) is 2.67. The van der Waals surface area contributed by atoms with Gasteiger partial charge in [0.25, 0.3) is 0 Å². The van der Waals surface area contributed by atoms with Crippen molar-refractivity contribution in [3.8, 4) is 0 Å². The normalized spacial score (nSPS) is 17.3. The number of aromatic nitrogens is 1. The lowest BCUT2D eigenvalue weighted by atomic mass is 10.1. The van der Waals surface area contributed by atoms with Gasteiger partial charge < -0.3 is 10.9 Å². The van der Waals surface area contributed by atoms with Crippen molar-refractivity contribution in [1.82, 2.24) is 9.88 Å². The molecule has 0 atom stereocenters. The van der Waals surface area contributed by atoms with Gasteiger partial charge in [-0.05, 0) is 30.9 Å². The maximum Gasteiger partial charge on any atom is 0.153 e. The molecule has 0 radical (unpaired) electrons. The number of nitrogens with zero attached hydrogens (tertiary/aromatic N) is 3. The van der Waals surface area contributed by atoms with Crippen LogP contribution in [0.1, 0.15) is 36.8 Å². The summed E-state index contributed by atoms with van der Waals surface area (Å²) in [7, 11) is 0. The summed E-state index contributed by atoms with van der Waals surface area (Å²) in [5.74, 6) is 0.271. The predicted molar refractivity (Wildman–Crippen MR) is 75.0 cm³/mol. The quantitative estimate of drug-likeness (QED) is 0.368. The maximum absolute atomic E-state index is 8.76. The third kappa shape index (κ3) is 3.92. The Labute approximate surface area is 114 Å². The van der Waals surface area contributed by atoms with E-state index in [0.29, 0.717) is 12.6 Å². The summed E-state index contributed by atoms with van der Waals surface area (Å²) in [4.78, 5) is 6.52. The highest BCUT2D eigenvalue weighted by Gasteiger charge is 2.23. The molecular weight excluding hydrogens is 240 g/mol. The Morgan fingerprint density at radius 2 is 2.21 bits per heavy atom. The van der Waals surface area contributed by atoms with E-state index in [2.05, 4.69) is 21.1 Å². The van der Waals surface area contributed by atoms with E-state index in [0.717, 1.165) is 12.1 Å². The van der Waals surface area contributed by atoms with Crippen LogP contribution in [-0.4, -0.2) is 33.5 Å². The molecule has 0 aliphatic heterocycles. The van der Waals surface area contributed by atoms with E-state index in [1.807, 2.05) is 19.3 Å². The van der Waals surface area contributed by atoms with Gasteiger partial charge in [0.15, 0.2) is 5.84 Å². The third-order valence-corrected chi connectivity index (χ3v) is 3.65. The molecule has 0 bridgehead atoms. The first-order chi connectivity index (χ1) is 9.19. The summed E-state index contributed by atoms with van der Waals surface area (Å²) in [5.41, 5.74) is 8.01. The highest BCUT2D eigenvalue weighted by Crippen LogP contribution is 2.24. The minimum atomic E-state index is 0.271. The molecule has 0 saturated heterocycles. The first-order valence-corrected chi connectivity index (χ1v) is 6.80. The Morgan fingerprint density at radius 3 is 2.84 bits per heavy atom. The van der Waals surface area contributed by atoms with Gasteiger partial charge in [0, 0.05) is 25.0 Å². The first-order valence-electron chi connectivity index (χ1n) is 6.80. The number of hydrogen-bond acceptors (Lipinski definition) is 4. The summed E-state index contributed by atoms with van der Waals surface area (Å²) in [6.45, 7) is 3.35. The average molecular weight is 262 g/mol. The lowest BCUT2D eigenvalue weighted by Gasteiger charge is -2.28. The topological polar surface area (TPSA) is 74.7 Å². The molecule has 1 aromatic rings. The molecule has 2 rings (SSSR count). The highest BCUT2D eigenvalue weighted by molar-refractivity contribution is 5.81. The van der Waals surface area contributed by atoms with Crippen LogP contribution < -0.4 is 5.73 Å². The summed E-state index contributed by atoms with van der Waals surface area (Å²) < 4.78 is 0. The number of aryl methyl sites for hydroxylation is 1. The van der Waals surface area contributed by atoms with E-state index < -0.39 is 0 Å². The van der Waals surface area contributed by atoms with Gasteiger partial charge in [0.2, 0.25) is 0 Å². The van der Waals surface area contributed by atoms with Gasteiger partial charge in [-0.1, -0.05) is 24.1 Å². The van der Waals surface area contributed by atoms with Crippen molar-refractivity contribution in [3.63, 3.8) is 0 Å². The molecule has 0 aromatic carbocycles. The second kappa shape index (κ2) is 6.52. The molecule has 0 spiro atoms. The zero-order valence-corrected chi connectivity index (χ0v) is 11.4. The highest BCUT2D eigenvalue weighted by atomic mass is 16.4. The van der Waals surface area contributed by atoms with Gasteiger partial charge in [-0.15, -0.1) is 0 Å². The van der Waals surface area contributed by atoms with Crippen LogP contribution in [0.15, 0.2) is 23.6 Å². The van der Waals surface area contributed by atoms with Crippen LogP contribution in [0.4, 0.5) is 0 Å². The number of pyridine rings is 1. The molecule has 1 saturated carbocycles. The maximum atomic E-state index is 8.76. The minimum Gasteiger partial charge on any atom is -0.409 e. The van der Waals surface area contributed by atoms with Gasteiger partial charge in [-0.3, -0.25) is 9.88 Å². The molecular formula is C14H22N4O. The largest absolute Gasteiger partial charge is 0.409 e. The number of oxime groups is 1. The Bertz CT molecular complexity index is 441. The monoisotopic (exact) mass is 262 g/mol. The van der Waals surface area contributed by atoms with Crippen LogP contribution in [0.5, 0.6) is 0 Å². The molecule has 0 unspecified atom stereocenters. The van der Waals surface area contributed by atoms with Gasteiger partial charge in [-0.25, -0.2) is 0 Å². The molecule has 1 aliphatic rings. The lowest BCUT2D eigenvalue weighted by Crippen LogP contribution is -2.39. The van der Waals surface area contributed by atoms with E-state index in [9.17, 15) is 0 Å². The van der Waals surface area contributed by atoms with Crippen LogP contribution in [0.25, 0.3) is 0 Å². The van der Waals surface area contributed by atoms with Crippen LogP contribution in [-0.2, 0) is 6.54 Å². The Balaban J connectivity index is 2.08. The van der Waals surface area contributed by atoms with E-state index in [-0.39, 0.29) is 5.84 Å². The van der Waals surface area contributed by atoms with Crippen molar-refractivity contribution in [2.24, 2.45) is 10.9 Å². The zero-order valence-electron chi connectivity index (χ0n) is 11.4. The zero-order chi connectivity index (χ0) is 13.7. The van der Waals surface area contributed by atoms with Crippen molar-refractivity contribution >= 4 is 5.84 Å². The van der Waals surface area contributed by atoms with E-state index in [1.54, 1.807) is 0 Å². The fourth-order valence-electron chi connectivity index (χ4n) is 2.76. The van der Waals surface area contributed by atoms with Crippen molar-refractivity contribution < 1.29 is 5.21 Å². The number of amidine groups is 1. The molecule has 3 N–H and O–H groups in total. The first kappa shape index (κ1) is 13.8. The fourth-order valence-corrected chi connectivity index (χ4v) is 2.76. The summed E-state index contributed by atoms with van der Waals surface area (Å²) in [5, 5.41) is 11.9. The molecule has 19 heavy (non-hydrogen) atoms. The minimum absolute atomic E-state index is 0.271. The van der Waals surface area contributed by atoms with Crippen molar-refractivity contribution in [2.75, 3.05) is 6.54 Å². The Hall–Kier alpha value is -1.62.